The maximum Gasteiger partial charge on any atom is 0.242 e. The van der Waals surface area contributed by atoms with Gasteiger partial charge in [-0.05, 0) is 31.2 Å². The molecule has 0 aromatic carbocycles. The Morgan fingerprint density at radius 1 is 1.35 bits per heavy atom. The number of furan rings is 1. The molecule has 2 heterocycles. The molecule has 110 valence electrons. The first-order valence-electron chi connectivity index (χ1n) is 6.52. The molecule has 7 heteroatoms. The highest BCUT2D eigenvalue weighted by atomic mass is 32.2. The van der Waals surface area contributed by atoms with Crippen molar-refractivity contribution in [3.05, 3.63) is 42.1 Å². The van der Waals surface area contributed by atoms with Gasteiger partial charge in [0, 0.05) is 18.4 Å². The summed E-state index contributed by atoms with van der Waals surface area (Å²) < 4.78 is 31.7. The normalized spacial score (nSPS) is 11.8. The number of aromatic amines is 1. The van der Waals surface area contributed by atoms with E-state index < -0.39 is 10.0 Å². The second-order valence-electron chi connectivity index (χ2n) is 4.44. The quantitative estimate of drug-likeness (QED) is 0.646. The molecule has 6 nitrogen and oxygen atoms in total. The highest BCUT2D eigenvalue weighted by Gasteiger charge is 2.16. The summed E-state index contributed by atoms with van der Waals surface area (Å²) in [6, 6.07) is 5.07. The number of hydrogen-bond acceptors (Lipinski definition) is 4. The lowest BCUT2D eigenvalue weighted by atomic mass is 10.4. The average molecular weight is 297 g/mol. The molecule has 0 aliphatic carbocycles. The molecule has 0 atom stereocenters. The van der Waals surface area contributed by atoms with Crippen LogP contribution >= 0.6 is 0 Å². The molecule has 0 amide bonds. The van der Waals surface area contributed by atoms with Gasteiger partial charge in [0.25, 0.3) is 0 Å². The maximum atomic E-state index is 12.1. The number of nitrogens with one attached hydrogen (secondary N) is 3. The van der Waals surface area contributed by atoms with Gasteiger partial charge in [-0.15, -0.1) is 0 Å². The molecule has 0 aliphatic rings. The first-order chi connectivity index (χ1) is 9.62. The van der Waals surface area contributed by atoms with Crippen molar-refractivity contribution in [3.63, 3.8) is 0 Å². The van der Waals surface area contributed by atoms with Crippen molar-refractivity contribution >= 4 is 10.0 Å². The van der Waals surface area contributed by atoms with E-state index in [9.17, 15) is 8.42 Å². The van der Waals surface area contributed by atoms with E-state index in [0.29, 0.717) is 12.3 Å². The predicted octanol–water partition coefficient (Wildman–Crippen LogP) is 1.59. The minimum Gasteiger partial charge on any atom is -0.468 e. The van der Waals surface area contributed by atoms with Crippen LogP contribution < -0.4 is 10.0 Å². The Balaban J connectivity index is 1.95. The lowest BCUT2D eigenvalue weighted by Crippen LogP contribution is -2.22. The molecular formula is C13H19N3O3S. The number of sulfonamides is 1. The van der Waals surface area contributed by atoms with Crippen molar-refractivity contribution < 1.29 is 12.8 Å². The molecule has 0 fully saturated rings. The van der Waals surface area contributed by atoms with Crippen LogP contribution in [0, 0.1) is 0 Å². The Morgan fingerprint density at radius 2 is 2.20 bits per heavy atom. The summed E-state index contributed by atoms with van der Waals surface area (Å²) in [6.07, 6.45) is 4.04. The van der Waals surface area contributed by atoms with Gasteiger partial charge in [-0.1, -0.05) is 6.92 Å². The summed E-state index contributed by atoms with van der Waals surface area (Å²) in [5.74, 6) is 0.578. The van der Waals surface area contributed by atoms with Crippen molar-refractivity contribution in [2.45, 2.75) is 31.3 Å². The van der Waals surface area contributed by atoms with Crippen molar-refractivity contribution in [3.8, 4) is 0 Å². The second kappa shape index (κ2) is 6.74. The first-order valence-corrected chi connectivity index (χ1v) is 8.00. The first kappa shape index (κ1) is 14.8. The van der Waals surface area contributed by atoms with Gasteiger partial charge in [0.2, 0.25) is 10.0 Å². The minimum absolute atomic E-state index is 0.143. The van der Waals surface area contributed by atoms with E-state index in [2.05, 4.69) is 21.9 Å². The molecule has 0 saturated heterocycles. The van der Waals surface area contributed by atoms with Crippen molar-refractivity contribution in [2.24, 2.45) is 0 Å². The molecule has 0 unspecified atom stereocenters. The molecule has 0 spiro atoms. The fourth-order valence-corrected chi connectivity index (χ4v) is 2.75. The van der Waals surface area contributed by atoms with Crippen molar-refractivity contribution in [2.75, 3.05) is 6.54 Å². The molecule has 2 aromatic heterocycles. The third-order valence-electron chi connectivity index (χ3n) is 2.79. The van der Waals surface area contributed by atoms with E-state index in [4.69, 9.17) is 4.42 Å². The van der Waals surface area contributed by atoms with Gasteiger partial charge in [0.1, 0.15) is 5.76 Å². The molecule has 3 N–H and O–H groups in total. The van der Waals surface area contributed by atoms with Crippen molar-refractivity contribution in [1.82, 2.24) is 15.0 Å². The molecule has 2 aromatic rings. The summed E-state index contributed by atoms with van der Waals surface area (Å²) in [7, 11) is -3.52. The molecule has 0 saturated carbocycles. The zero-order chi connectivity index (χ0) is 14.4. The van der Waals surface area contributed by atoms with Crippen LogP contribution in [-0.2, 0) is 23.1 Å². The standard InChI is InChI=1S/C13H19N3O3S/c1-2-5-14-8-11-7-13(10-15-11)20(17,18)16-9-12-4-3-6-19-12/h3-4,6-7,10,14-16H,2,5,8-9H2,1H3. The van der Waals surface area contributed by atoms with Crippen LogP contribution in [0.15, 0.2) is 40.0 Å². The van der Waals surface area contributed by atoms with Crippen LogP contribution in [0.1, 0.15) is 24.8 Å². The third kappa shape index (κ3) is 3.96. The van der Waals surface area contributed by atoms with Crippen LogP contribution in [0.2, 0.25) is 0 Å². The lowest BCUT2D eigenvalue weighted by Gasteiger charge is -2.02. The Morgan fingerprint density at radius 3 is 2.90 bits per heavy atom. The largest absolute Gasteiger partial charge is 0.468 e. The smallest absolute Gasteiger partial charge is 0.242 e. The summed E-state index contributed by atoms with van der Waals surface area (Å²) in [4.78, 5) is 3.19. The average Bonchev–Trinajstić information content (AvgIpc) is 3.08. The SMILES string of the molecule is CCCNCc1cc(S(=O)(=O)NCc2ccco2)c[nH]1. The third-order valence-corrected chi connectivity index (χ3v) is 4.17. The summed E-state index contributed by atoms with van der Waals surface area (Å²) >= 11 is 0. The van der Waals surface area contributed by atoms with E-state index in [-0.39, 0.29) is 11.4 Å². The maximum absolute atomic E-state index is 12.1. The minimum atomic E-state index is -3.52. The number of rotatable bonds is 8. The van der Waals surface area contributed by atoms with Crippen molar-refractivity contribution in [1.29, 1.82) is 0 Å². The van der Waals surface area contributed by atoms with Gasteiger partial charge in [0.05, 0.1) is 17.7 Å². The highest BCUT2D eigenvalue weighted by Crippen LogP contribution is 2.11. The van der Waals surface area contributed by atoms with Gasteiger partial charge < -0.3 is 14.7 Å². The van der Waals surface area contributed by atoms with Gasteiger partial charge in [-0.2, -0.15) is 0 Å². The van der Waals surface area contributed by atoms with E-state index in [0.717, 1.165) is 18.7 Å². The fraction of sp³-hybridized carbons (Fsp3) is 0.385. The Bertz CT molecular complexity index is 617. The fourth-order valence-electron chi connectivity index (χ4n) is 1.74. The van der Waals surface area contributed by atoms with Gasteiger partial charge >= 0.3 is 0 Å². The van der Waals surface area contributed by atoms with Crippen LogP contribution in [0.5, 0.6) is 0 Å². The number of aromatic nitrogens is 1. The molecule has 2 rings (SSSR count). The molecule has 20 heavy (non-hydrogen) atoms. The molecular weight excluding hydrogens is 278 g/mol. The number of hydrogen-bond donors (Lipinski definition) is 3. The lowest BCUT2D eigenvalue weighted by molar-refractivity contribution is 0.498. The van der Waals surface area contributed by atoms with Crippen LogP contribution in [0.4, 0.5) is 0 Å². The van der Waals surface area contributed by atoms with Gasteiger partial charge in [-0.25, -0.2) is 13.1 Å². The summed E-state index contributed by atoms with van der Waals surface area (Å²) in [5.41, 5.74) is 0.844. The van der Waals surface area contributed by atoms with Crippen LogP contribution in [0.25, 0.3) is 0 Å². The number of H-pyrrole nitrogens is 1. The van der Waals surface area contributed by atoms with E-state index >= 15 is 0 Å². The van der Waals surface area contributed by atoms with E-state index in [1.54, 1.807) is 18.2 Å². The monoisotopic (exact) mass is 297 g/mol. The van der Waals surface area contributed by atoms with Crippen LogP contribution in [0.3, 0.4) is 0 Å². The zero-order valence-electron chi connectivity index (χ0n) is 11.3. The zero-order valence-corrected chi connectivity index (χ0v) is 12.2. The molecule has 0 aliphatic heterocycles. The second-order valence-corrected chi connectivity index (χ2v) is 6.21. The Kier molecular flexibility index (Phi) is 4.99. The molecule has 0 bridgehead atoms. The Labute approximate surface area is 118 Å². The van der Waals surface area contributed by atoms with Gasteiger partial charge in [-0.3, -0.25) is 0 Å². The summed E-state index contributed by atoms with van der Waals surface area (Å²) in [5, 5.41) is 3.21. The molecule has 0 radical (unpaired) electrons. The van der Waals surface area contributed by atoms with E-state index in [1.807, 2.05) is 0 Å². The van der Waals surface area contributed by atoms with Crippen LogP contribution in [-0.4, -0.2) is 19.9 Å². The predicted molar refractivity (Wildman–Crippen MR) is 75.5 cm³/mol. The van der Waals surface area contributed by atoms with Gasteiger partial charge in [0.15, 0.2) is 0 Å². The Hall–Kier alpha value is -1.57. The summed E-state index contributed by atoms with van der Waals surface area (Å²) in [6.45, 7) is 3.75. The highest BCUT2D eigenvalue weighted by molar-refractivity contribution is 7.89. The van der Waals surface area contributed by atoms with E-state index in [1.165, 1.54) is 12.5 Å². The topological polar surface area (TPSA) is 87.1 Å².